The van der Waals surface area contributed by atoms with Crippen molar-refractivity contribution in [1.29, 1.82) is 0 Å². The number of methoxy groups -OCH3 is 1. The van der Waals surface area contributed by atoms with Crippen LogP contribution >= 0.6 is 0 Å². The number of rotatable bonds is 12. The van der Waals surface area contributed by atoms with Gasteiger partial charge in [-0.1, -0.05) is 34.6 Å². The average Bonchev–Trinajstić information content (AvgIpc) is 3.81. The highest BCUT2D eigenvalue weighted by molar-refractivity contribution is 6.08. The molecule has 5 rings (SSSR count). The number of ketones is 2. The van der Waals surface area contributed by atoms with E-state index in [1.165, 1.54) is 18.9 Å². The number of aliphatic hydroxyl groups is 1. The first-order valence-electron chi connectivity index (χ1n) is 21.4. The van der Waals surface area contributed by atoms with E-state index in [-0.39, 0.29) is 37.3 Å². The standard InChI is InChI=1S/C44H66FN5O10/c1-12-33-44(9)36(50(41(55)60-44)20-15-14-19-49-24-31(47-25-49)30-17-16-18-46-23-30)28(5)34(51)26(3)22-42(7,56-11)38(29(6)37(53)43(8,45)40(54)58-33)59-39-35(52)32(48(10)13-2)21-27(4)57-39/h16-18,23-29,32-33,35-36,38-39,52H,12-15,19-22H2,1-11H3/t26-,27-,28+,29+,32+,33-,35-,36-,38-,39+,42-,43+,44-/m1/s1. The Labute approximate surface area is 353 Å². The molecule has 15 nitrogen and oxygen atoms in total. The van der Waals surface area contributed by atoms with Crippen LogP contribution in [0, 0.1) is 17.8 Å². The topological polar surface area (TPSA) is 172 Å². The van der Waals surface area contributed by atoms with E-state index in [1.807, 2.05) is 48.7 Å². The fourth-order valence-corrected chi connectivity index (χ4v) is 9.59. The zero-order chi connectivity index (χ0) is 44.3. The van der Waals surface area contributed by atoms with Crippen LogP contribution in [0.5, 0.6) is 0 Å². The Bertz CT molecular complexity index is 1810. The molecule has 334 valence electrons. The van der Waals surface area contributed by atoms with Crippen molar-refractivity contribution in [2.24, 2.45) is 17.8 Å². The number of nitrogens with zero attached hydrogens (tertiary/aromatic N) is 5. The number of aliphatic hydroxyl groups excluding tert-OH is 1. The molecule has 3 aliphatic heterocycles. The van der Waals surface area contributed by atoms with Gasteiger partial charge in [0, 0.05) is 68.1 Å². The minimum Gasteiger partial charge on any atom is -0.455 e. The van der Waals surface area contributed by atoms with Crippen molar-refractivity contribution in [3.05, 3.63) is 37.1 Å². The van der Waals surface area contributed by atoms with Crippen LogP contribution < -0.4 is 0 Å². The van der Waals surface area contributed by atoms with E-state index >= 15 is 4.39 Å². The SMILES string of the molecule is CC[C@H]1OC(=O)[C@@](C)(F)C(=O)[C@H](C)[C@@H](O[C@@H]2O[C@H](C)C[C@H](N(C)CC)[C@H]2O)[C@](C)(OC)C[C@@H](C)C(=O)[C@H](C)[C@H]2N(CCCCn3cnc(-c4cccnc4)c3)C(=O)O[C@]12C. The highest BCUT2D eigenvalue weighted by Crippen LogP contribution is 2.44. The Balaban J connectivity index is 1.46. The molecule has 0 aromatic carbocycles. The number of carbonyl (C=O) groups excluding carboxylic acids is 4. The number of unbranched alkanes of at least 4 members (excludes halogenated alkanes) is 1. The molecule has 2 aromatic rings. The molecule has 0 aliphatic carbocycles. The van der Waals surface area contributed by atoms with E-state index in [1.54, 1.807) is 53.3 Å². The molecule has 0 bridgehead atoms. The van der Waals surface area contributed by atoms with Gasteiger partial charge in [0.15, 0.2) is 17.7 Å². The minimum atomic E-state index is -3.18. The number of fused-ring (bicyclic) bond motifs is 1. The summed E-state index contributed by atoms with van der Waals surface area (Å²) in [7, 11) is 3.29. The van der Waals surface area contributed by atoms with Crippen molar-refractivity contribution in [1.82, 2.24) is 24.3 Å². The largest absolute Gasteiger partial charge is 0.455 e. The van der Waals surface area contributed by atoms with Crippen molar-refractivity contribution in [2.45, 2.75) is 161 Å². The number of aromatic nitrogens is 3. The summed E-state index contributed by atoms with van der Waals surface area (Å²) in [6.45, 7) is 16.0. The smallest absolute Gasteiger partial charge is 0.410 e. The first kappa shape index (κ1) is 47.2. The summed E-state index contributed by atoms with van der Waals surface area (Å²) in [5, 5.41) is 11.5. The molecular formula is C44H66FN5O10. The molecule has 60 heavy (non-hydrogen) atoms. The number of imidazole rings is 1. The molecule has 16 heteroatoms. The van der Waals surface area contributed by atoms with Gasteiger partial charge in [0.2, 0.25) is 0 Å². The maximum absolute atomic E-state index is 16.9. The number of aryl methyl sites for hydroxylation is 1. The van der Waals surface area contributed by atoms with Gasteiger partial charge in [0.25, 0.3) is 5.67 Å². The Morgan fingerprint density at radius 3 is 2.38 bits per heavy atom. The van der Waals surface area contributed by atoms with Crippen LogP contribution in [0.2, 0.25) is 0 Å². The number of alkyl halides is 1. The number of cyclic esters (lactones) is 1. The van der Waals surface area contributed by atoms with Gasteiger partial charge in [0.05, 0.1) is 35.9 Å². The fourth-order valence-electron chi connectivity index (χ4n) is 9.59. The minimum absolute atomic E-state index is 0.000445. The molecule has 0 spiro atoms. The van der Waals surface area contributed by atoms with Gasteiger partial charge < -0.3 is 43.2 Å². The zero-order valence-corrected chi connectivity index (χ0v) is 37.1. The number of esters is 1. The van der Waals surface area contributed by atoms with Gasteiger partial charge in [0.1, 0.15) is 18.0 Å². The number of carbonyl (C=O) groups is 4. The van der Waals surface area contributed by atoms with E-state index < -0.39 is 83.1 Å². The summed E-state index contributed by atoms with van der Waals surface area (Å²) < 4.78 is 49.6. The summed E-state index contributed by atoms with van der Waals surface area (Å²) >= 11 is 0. The van der Waals surface area contributed by atoms with Gasteiger partial charge in [-0.25, -0.2) is 19.0 Å². The summed E-state index contributed by atoms with van der Waals surface area (Å²) in [4.78, 5) is 69.0. The van der Waals surface area contributed by atoms with Crippen LogP contribution in [-0.4, -0.2) is 140 Å². The average molecular weight is 844 g/mol. The predicted octanol–water partition coefficient (Wildman–Crippen LogP) is 5.41. The van der Waals surface area contributed by atoms with Crippen molar-refractivity contribution in [3.8, 4) is 11.3 Å². The van der Waals surface area contributed by atoms with Crippen molar-refractivity contribution in [2.75, 3.05) is 27.2 Å². The lowest BCUT2D eigenvalue weighted by atomic mass is 9.73. The normalized spacial score (nSPS) is 37.1. The lowest BCUT2D eigenvalue weighted by Gasteiger charge is -2.47. The lowest BCUT2D eigenvalue weighted by Crippen LogP contribution is -2.62. The second kappa shape index (κ2) is 19.1. The Morgan fingerprint density at radius 2 is 1.75 bits per heavy atom. The molecule has 3 aliphatic rings. The van der Waals surface area contributed by atoms with Crippen LogP contribution in [0.3, 0.4) is 0 Å². The number of pyridine rings is 1. The maximum atomic E-state index is 16.9. The van der Waals surface area contributed by atoms with Gasteiger partial charge in [-0.2, -0.15) is 0 Å². The zero-order valence-electron chi connectivity index (χ0n) is 37.1. The number of hydrogen-bond acceptors (Lipinski definition) is 13. The molecule has 1 amide bonds. The molecule has 2 aromatic heterocycles. The molecule has 3 saturated heterocycles. The van der Waals surface area contributed by atoms with Gasteiger partial charge >= 0.3 is 12.1 Å². The van der Waals surface area contributed by atoms with E-state index in [9.17, 15) is 24.3 Å². The summed E-state index contributed by atoms with van der Waals surface area (Å²) in [6.07, 6.45) is 2.96. The van der Waals surface area contributed by atoms with Crippen LogP contribution in [0.25, 0.3) is 11.3 Å². The highest BCUT2D eigenvalue weighted by atomic mass is 19.1. The monoisotopic (exact) mass is 843 g/mol. The molecule has 3 fully saturated rings. The molecule has 1 N–H and O–H groups in total. The van der Waals surface area contributed by atoms with Crippen LogP contribution in [0.1, 0.15) is 94.4 Å². The lowest BCUT2D eigenvalue weighted by molar-refractivity contribution is -0.296. The second-order valence-electron chi connectivity index (χ2n) is 17.6. The van der Waals surface area contributed by atoms with Crippen LogP contribution in [0.4, 0.5) is 9.18 Å². The van der Waals surface area contributed by atoms with E-state index in [4.69, 9.17) is 23.7 Å². The van der Waals surface area contributed by atoms with Gasteiger partial charge in [-0.3, -0.25) is 14.6 Å². The molecule has 13 atom stereocenters. The molecule has 0 radical (unpaired) electrons. The number of likely N-dealkylation sites (N-methyl/N-ethyl adjacent to an activating group) is 1. The first-order chi connectivity index (χ1) is 28.2. The Kier molecular flexibility index (Phi) is 15.0. The second-order valence-corrected chi connectivity index (χ2v) is 17.6. The predicted molar refractivity (Wildman–Crippen MR) is 219 cm³/mol. The summed E-state index contributed by atoms with van der Waals surface area (Å²) in [5.74, 6) is -5.78. The Morgan fingerprint density at radius 1 is 1.05 bits per heavy atom. The van der Waals surface area contributed by atoms with Gasteiger partial charge in [-0.05, 0) is 85.5 Å². The summed E-state index contributed by atoms with van der Waals surface area (Å²) in [5.41, 5.74) is -4.54. The quantitative estimate of drug-likeness (QED) is 0.164. The van der Waals surface area contributed by atoms with Gasteiger partial charge in [-0.15, -0.1) is 0 Å². The fraction of sp³-hybridized carbons (Fsp3) is 0.727. The van der Waals surface area contributed by atoms with Crippen LogP contribution in [-0.2, 0) is 44.6 Å². The maximum Gasteiger partial charge on any atom is 0.410 e. The molecular weight excluding hydrogens is 778 g/mol. The van der Waals surface area contributed by atoms with Crippen molar-refractivity contribution < 1.29 is 52.4 Å². The van der Waals surface area contributed by atoms with Crippen molar-refractivity contribution in [3.63, 3.8) is 0 Å². The number of hydrogen-bond donors (Lipinski definition) is 1. The summed E-state index contributed by atoms with van der Waals surface area (Å²) in [6, 6.07) is 2.50. The Hall–Kier alpha value is -3.83. The first-order valence-corrected chi connectivity index (χ1v) is 21.4. The van der Waals surface area contributed by atoms with E-state index in [0.29, 0.717) is 32.4 Å². The molecule has 0 unspecified atom stereocenters. The number of Topliss-reactive ketones (excluding diaryl/α,β-unsaturated/α-hetero) is 2. The number of halogens is 1. The third-order valence-electron chi connectivity index (χ3n) is 13.2. The van der Waals surface area contributed by atoms with E-state index in [0.717, 1.165) is 18.2 Å². The molecule has 5 heterocycles. The number of amides is 1. The third-order valence-corrected chi connectivity index (χ3v) is 13.2. The molecule has 0 saturated carbocycles. The van der Waals surface area contributed by atoms with Crippen molar-refractivity contribution >= 4 is 23.6 Å². The number of ether oxygens (including phenoxy) is 5. The van der Waals surface area contributed by atoms with E-state index in [2.05, 4.69) is 9.97 Å². The van der Waals surface area contributed by atoms with Crippen LogP contribution in [0.15, 0.2) is 37.1 Å². The third kappa shape index (κ3) is 9.47. The highest BCUT2D eigenvalue weighted by Gasteiger charge is 2.61.